The number of hydrogen-bond donors (Lipinski definition) is 0. The number of nitrogens with zero attached hydrogens (tertiary/aromatic N) is 2. The second-order valence-electron chi connectivity index (χ2n) is 8.45. The third-order valence-corrected chi connectivity index (χ3v) is 8.89. The normalized spacial score (nSPS) is 12.2. The summed E-state index contributed by atoms with van der Waals surface area (Å²) < 4.78 is 6.38. The highest BCUT2D eigenvalue weighted by Crippen LogP contribution is 2.41. The molecule has 0 aliphatic rings. The highest BCUT2D eigenvalue weighted by molar-refractivity contribution is 7.26. The van der Waals surface area contributed by atoms with Crippen molar-refractivity contribution in [2.75, 3.05) is 0 Å². The van der Waals surface area contributed by atoms with Gasteiger partial charge in [0.1, 0.15) is 4.83 Å². The van der Waals surface area contributed by atoms with Gasteiger partial charge in [-0.1, -0.05) is 36.4 Å². The summed E-state index contributed by atoms with van der Waals surface area (Å²) in [4.78, 5) is 5.71. The summed E-state index contributed by atoms with van der Waals surface area (Å²) in [5.74, 6) is 0. The third kappa shape index (κ3) is 2.39. The van der Waals surface area contributed by atoms with Gasteiger partial charge >= 0.3 is 0 Å². The van der Waals surface area contributed by atoms with Crippen LogP contribution in [0.15, 0.2) is 97.2 Å². The number of aromatic nitrogens is 2. The number of pyridine rings is 1. The van der Waals surface area contributed by atoms with Gasteiger partial charge in [0, 0.05) is 58.3 Å². The number of fused-ring (bicyclic) bond motifs is 9. The quantitative estimate of drug-likeness (QED) is 0.241. The molecule has 0 fully saturated rings. The van der Waals surface area contributed by atoms with Crippen molar-refractivity contribution in [3.8, 4) is 5.69 Å². The summed E-state index contributed by atoms with van der Waals surface area (Å²) in [5, 5.41) is 7.76. The van der Waals surface area contributed by atoms with Crippen LogP contribution in [0, 0.1) is 0 Å². The SMILES string of the molecule is c1ccc2c(c1)sc1ccc(-n3c4ccccc4c4cc5c(cc43)sc3ncccc35)cc12. The molecule has 0 aliphatic heterocycles. The average molecular weight is 457 g/mol. The molecule has 0 saturated carbocycles. The maximum Gasteiger partial charge on any atom is 0.124 e. The molecule has 4 aromatic carbocycles. The minimum Gasteiger partial charge on any atom is -0.309 e. The van der Waals surface area contributed by atoms with Crippen LogP contribution < -0.4 is 0 Å². The third-order valence-electron chi connectivity index (χ3n) is 6.66. The predicted octanol–water partition coefficient (Wildman–Crippen LogP) is 8.91. The van der Waals surface area contributed by atoms with Crippen LogP contribution in [0.4, 0.5) is 0 Å². The molecule has 0 spiro atoms. The Kier molecular flexibility index (Phi) is 3.45. The van der Waals surface area contributed by atoms with Gasteiger partial charge in [0.05, 0.1) is 11.0 Å². The van der Waals surface area contributed by atoms with E-state index in [0.717, 1.165) is 4.83 Å². The molecule has 0 bridgehead atoms. The fourth-order valence-corrected chi connectivity index (χ4v) is 7.35. The number of hydrogen-bond acceptors (Lipinski definition) is 3. The zero-order valence-electron chi connectivity index (χ0n) is 17.4. The predicted molar refractivity (Wildman–Crippen MR) is 144 cm³/mol. The largest absolute Gasteiger partial charge is 0.309 e. The Balaban J connectivity index is 1.52. The number of benzene rings is 4. The lowest BCUT2D eigenvalue weighted by molar-refractivity contribution is 1.19. The minimum absolute atomic E-state index is 1.10. The first-order chi connectivity index (χ1) is 16.3. The average Bonchev–Trinajstić information content (AvgIpc) is 3.51. The molecule has 0 N–H and O–H groups in total. The molecule has 4 heteroatoms. The van der Waals surface area contributed by atoms with E-state index in [-0.39, 0.29) is 0 Å². The Bertz CT molecular complexity index is 2040. The standard InChI is InChI=1S/C29H16N2S2/c1-3-9-24-18(6-1)21-15-23-20-8-5-13-30-29(20)33-28(23)16-25(21)31(24)17-11-12-27-22(14-17)19-7-2-4-10-26(19)32-27/h1-16H. The first-order valence-electron chi connectivity index (χ1n) is 11.0. The van der Waals surface area contributed by atoms with Crippen LogP contribution in [-0.4, -0.2) is 9.55 Å². The van der Waals surface area contributed by atoms with Crippen molar-refractivity contribution in [3.63, 3.8) is 0 Å². The van der Waals surface area contributed by atoms with Crippen LogP contribution in [0.3, 0.4) is 0 Å². The highest BCUT2D eigenvalue weighted by Gasteiger charge is 2.16. The smallest absolute Gasteiger partial charge is 0.124 e. The number of thiophene rings is 2. The Morgan fingerprint density at radius 2 is 1.30 bits per heavy atom. The molecule has 4 aromatic heterocycles. The summed E-state index contributed by atoms with van der Waals surface area (Å²) in [6, 6.07) is 33.3. The summed E-state index contributed by atoms with van der Waals surface area (Å²) >= 11 is 3.64. The van der Waals surface area contributed by atoms with Crippen molar-refractivity contribution < 1.29 is 0 Å². The van der Waals surface area contributed by atoms with Crippen LogP contribution >= 0.6 is 22.7 Å². The van der Waals surface area contributed by atoms with Gasteiger partial charge in [-0.15, -0.1) is 22.7 Å². The molecule has 33 heavy (non-hydrogen) atoms. The van der Waals surface area contributed by atoms with Crippen molar-refractivity contribution in [2.24, 2.45) is 0 Å². The molecule has 0 unspecified atom stereocenters. The molecular formula is C29H16N2S2. The Morgan fingerprint density at radius 1 is 0.515 bits per heavy atom. The van der Waals surface area contributed by atoms with Crippen LogP contribution in [0.25, 0.3) is 68.0 Å². The zero-order chi connectivity index (χ0) is 21.5. The summed E-state index contributed by atoms with van der Waals surface area (Å²) in [6.45, 7) is 0. The van der Waals surface area contributed by atoms with Gasteiger partial charge in [-0.05, 0) is 54.6 Å². The van der Waals surface area contributed by atoms with E-state index < -0.39 is 0 Å². The van der Waals surface area contributed by atoms with Gasteiger partial charge in [0.2, 0.25) is 0 Å². The molecule has 4 heterocycles. The highest BCUT2D eigenvalue weighted by atomic mass is 32.1. The van der Waals surface area contributed by atoms with Crippen molar-refractivity contribution in [1.82, 2.24) is 9.55 Å². The van der Waals surface area contributed by atoms with Crippen molar-refractivity contribution in [2.45, 2.75) is 0 Å². The molecule has 0 radical (unpaired) electrons. The molecule has 8 aromatic rings. The summed E-state index contributed by atoms with van der Waals surface area (Å²) in [6.07, 6.45) is 1.88. The fourth-order valence-electron chi connectivity index (χ4n) is 5.20. The van der Waals surface area contributed by atoms with Gasteiger partial charge in [-0.3, -0.25) is 0 Å². The van der Waals surface area contributed by atoms with E-state index in [0.29, 0.717) is 0 Å². The molecule has 0 amide bonds. The molecule has 0 saturated heterocycles. The zero-order valence-corrected chi connectivity index (χ0v) is 19.1. The first-order valence-corrected chi connectivity index (χ1v) is 12.6. The second-order valence-corrected chi connectivity index (χ2v) is 10.6. The maximum absolute atomic E-state index is 4.61. The molecule has 0 aliphatic carbocycles. The minimum atomic E-state index is 1.10. The van der Waals surface area contributed by atoms with Crippen LogP contribution in [0.1, 0.15) is 0 Å². The Hall–Kier alpha value is -3.73. The fraction of sp³-hybridized carbons (Fsp3) is 0. The van der Waals surface area contributed by atoms with Crippen LogP contribution in [0.2, 0.25) is 0 Å². The van der Waals surface area contributed by atoms with Crippen LogP contribution in [-0.2, 0) is 0 Å². The van der Waals surface area contributed by atoms with Gasteiger partial charge in [-0.25, -0.2) is 4.98 Å². The van der Waals surface area contributed by atoms with Gasteiger partial charge in [0.25, 0.3) is 0 Å². The summed E-state index contributed by atoms with van der Waals surface area (Å²) in [7, 11) is 0. The molecular weight excluding hydrogens is 440 g/mol. The van der Waals surface area contributed by atoms with E-state index in [1.54, 1.807) is 11.3 Å². The monoisotopic (exact) mass is 456 g/mol. The first kappa shape index (κ1) is 17.8. The van der Waals surface area contributed by atoms with E-state index in [9.17, 15) is 0 Å². The van der Waals surface area contributed by atoms with Crippen LogP contribution in [0.5, 0.6) is 0 Å². The molecule has 0 atom stereocenters. The van der Waals surface area contributed by atoms with Crippen molar-refractivity contribution >= 4 is 85.0 Å². The lowest BCUT2D eigenvalue weighted by Gasteiger charge is -2.08. The van der Waals surface area contributed by atoms with E-state index >= 15 is 0 Å². The van der Waals surface area contributed by atoms with E-state index in [1.165, 1.54) is 63.1 Å². The van der Waals surface area contributed by atoms with Gasteiger partial charge in [-0.2, -0.15) is 0 Å². The van der Waals surface area contributed by atoms with Crippen molar-refractivity contribution in [1.29, 1.82) is 0 Å². The number of rotatable bonds is 1. The molecule has 2 nitrogen and oxygen atoms in total. The second kappa shape index (κ2) is 6.41. The Labute approximate surface area is 196 Å². The van der Waals surface area contributed by atoms with Gasteiger partial charge in [0.15, 0.2) is 0 Å². The van der Waals surface area contributed by atoms with Crippen molar-refractivity contribution in [3.05, 3.63) is 97.2 Å². The Morgan fingerprint density at radius 3 is 2.27 bits per heavy atom. The molecule has 8 rings (SSSR count). The number of para-hydroxylation sites is 1. The van der Waals surface area contributed by atoms with E-state index in [1.807, 2.05) is 23.6 Å². The van der Waals surface area contributed by atoms with E-state index in [4.69, 9.17) is 0 Å². The topological polar surface area (TPSA) is 17.8 Å². The lowest BCUT2D eigenvalue weighted by atomic mass is 10.1. The maximum atomic E-state index is 4.61. The lowest BCUT2D eigenvalue weighted by Crippen LogP contribution is -1.93. The molecule has 154 valence electrons. The van der Waals surface area contributed by atoms with Gasteiger partial charge < -0.3 is 4.57 Å². The summed E-state index contributed by atoms with van der Waals surface area (Å²) in [5.41, 5.74) is 3.69. The van der Waals surface area contributed by atoms with E-state index in [2.05, 4.69) is 94.5 Å².